The molecule has 136 valence electrons. The van der Waals surface area contributed by atoms with Gasteiger partial charge in [0.05, 0.1) is 26.5 Å². The Morgan fingerprint density at radius 3 is 2.42 bits per heavy atom. The quantitative estimate of drug-likeness (QED) is 0.911. The Balaban J connectivity index is 1.92. The molecule has 3 rings (SSSR count). The number of rotatable bonds is 4. The number of amides is 2. The van der Waals surface area contributed by atoms with Gasteiger partial charge in [-0.05, 0) is 30.3 Å². The molecular weight excluding hydrogens is 336 g/mol. The molecule has 0 unspecified atom stereocenters. The Bertz CT molecular complexity index is 828. The van der Waals surface area contributed by atoms with E-state index >= 15 is 0 Å². The second-order valence-corrected chi connectivity index (χ2v) is 5.69. The van der Waals surface area contributed by atoms with Crippen LogP contribution in [0.5, 0.6) is 17.2 Å². The van der Waals surface area contributed by atoms with E-state index in [1.807, 2.05) is 0 Å². The van der Waals surface area contributed by atoms with Gasteiger partial charge in [0, 0.05) is 12.6 Å². The summed E-state index contributed by atoms with van der Waals surface area (Å²) in [6.45, 7) is 2.41. The minimum atomic E-state index is -0.370. The third kappa shape index (κ3) is 3.28. The molecule has 0 spiro atoms. The molecule has 0 saturated heterocycles. The lowest BCUT2D eigenvalue weighted by Gasteiger charge is -2.29. The lowest BCUT2D eigenvalue weighted by Crippen LogP contribution is -2.36. The van der Waals surface area contributed by atoms with Crippen molar-refractivity contribution in [2.75, 3.05) is 37.6 Å². The van der Waals surface area contributed by atoms with Crippen molar-refractivity contribution in [1.82, 2.24) is 0 Å². The molecule has 7 nitrogen and oxygen atoms in total. The third-order valence-electron chi connectivity index (χ3n) is 4.12. The number of hydrogen-bond acceptors (Lipinski definition) is 5. The highest BCUT2D eigenvalue weighted by Crippen LogP contribution is 2.35. The van der Waals surface area contributed by atoms with Crippen LogP contribution in [0.2, 0.25) is 0 Å². The first-order valence-electron chi connectivity index (χ1n) is 8.12. The van der Waals surface area contributed by atoms with Crippen LogP contribution in [0.1, 0.15) is 17.3 Å². The molecule has 1 heterocycles. The monoisotopic (exact) mass is 356 g/mol. The Morgan fingerprint density at radius 1 is 1.12 bits per heavy atom. The predicted octanol–water partition coefficient (Wildman–Crippen LogP) is 2.70. The van der Waals surface area contributed by atoms with E-state index in [1.165, 1.54) is 21.1 Å². The number of benzene rings is 2. The average molecular weight is 356 g/mol. The minimum absolute atomic E-state index is 0.0792. The summed E-state index contributed by atoms with van der Waals surface area (Å²) in [6, 6.07) is 10.3. The first kappa shape index (κ1) is 17.6. The fourth-order valence-electron chi connectivity index (χ4n) is 2.89. The zero-order chi connectivity index (χ0) is 18.7. The van der Waals surface area contributed by atoms with E-state index in [0.717, 1.165) is 0 Å². The number of nitrogens with zero attached hydrogens (tertiary/aromatic N) is 1. The molecular formula is C19H20N2O5. The molecule has 0 saturated carbocycles. The van der Waals surface area contributed by atoms with Crippen molar-refractivity contribution in [3.05, 3.63) is 42.0 Å². The lowest BCUT2D eigenvalue weighted by molar-refractivity contribution is -0.116. The van der Waals surface area contributed by atoms with Gasteiger partial charge < -0.3 is 24.4 Å². The number of carbonyl (C=O) groups excluding carboxylic acids is 2. The first-order valence-corrected chi connectivity index (χ1v) is 8.12. The van der Waals surface area contributed by atoms with E-state index < -0.39 is 0 Å². The molecule has 2 aromatic rings. The topological polar surface area (TPSA) is 77.1 Å². The van der Waals surface area contributed by atoms with Crippen LogP contribution in [-0.2, 0) is 4.79 Å². The fraction of sp³-hybridized carbons (Fsp3) is 0.263. The zero-order valence-electron chi connectivity index (χ0n) is 14.9. The van der Waals surface area contributed by atoms with Gasteiger partial charge in [-0.2, -0.15) is 0 Å². The van der Waals surface area contributed by atoms with Crippen molar-refractivity contribution < 1.29 is 23.8 Å². The SMILES string of the molecule is COc1cccc(OC)c1C(=O)Nc1ccc2c(c1)N(C(C)=O)CCO2. The smallest absolute Gasteiger partial charge is 0.263 e. The molecule has 0 aliphatic carbocycles. The highest BCUT2D eigenvalue weighted by molar-refractivity contribution is 6.08. The van der Waals surface area contributed by atoms with Crippen molar-refractivity contribution in [2.45, 2.75) is 6.92 Å². The molecule has 1 N–H and O–H groups in total. The van der Waals surface area contributed by atoms with E-state index in [4.69, 9.17) is 14.2 Å². The van der Waals surface area contributed by atoms with Crippen LogP contribution < -0.4 is 24.4 Å². The van der Waals surface area contributed by atoms with Gasteiger partial charge >= 0.3 is 0 Å². The number of carbonyl (C=O) groups is 2. The number of nitrogens with one attached hydrogen (secondary N) is 1. The Labute approximate surface area is 151 Å². The number of ether oxygens (including phenoxy) is 3. The largest absolute Gasteiger partial charge is 0.496 e. The van der Waals surface area contributed by atoms with Crippen molar-refractivity contribution in [3.8, 4) is 17.2 Å². The molecule has 0 radical (unpaired) electrons. The van der Waals surface area contributed by atoms with Gasteiger partial charge in [0.15, 0.2) is 0 Å². The molecule has 1 aliphatic rings. The molecule has 0 aromatic heterocycles. The number of anilines is 2. The normalized spacial score (nSPS) is 12.7. The summed E-state index contributed by atoms with van der Waals surface area (Å²) in [5.74, 6) is 0.983. The van der Waals surface area contributed by atoms with Gasteiger partial charge in [-0.25, -0.2) is 0 Å². The maximum atomic E-state index is 12.8. The maximum Gasteiger partial charge on any atom is 0.263 e. The van der Waals surface area contributed by atoms with Crippen molar-refractivity contribution in [1.29, 1.82) is 0 Å². The lowest BCUT2D eigenvalue weighted by atomic mass is 10.1. The standard InChI is InChI=1S/C19H20N2O5/c1-12(22)21-9-10-26-15-8-7-13(11-14(15)21)20-19(23)18-16(24-2)5-4-6-17(18)25-3/h4-8,11H,9-10H2,1-3H3,(H,20,23). The van der Waals surface area contributed by atoms with Crippen LogP contribution in [0, 0.1) is 0 Å². The summed E-state index contributed by atoms with van der Waals surface area (Å²) in [4.78, 5) is 26.2. The third-order valence-corrected chi connectivity index (χ3v) is 4.12. The van der Waals surface area contributed by atoms with E-state index in [-0.39, 0.29) is 11.8 Å². The zero-order valence-corrected chi connectivity index (χ0v) is 14.9. The van der Waals surface area contributed by atoms with E-state index in [2.05, 4.69) is 5.32 Å². The van der Waals surface area contributed by atoms with Crippen LogP contribution in [0.4, 0.5) is 11.4 Å². The van der Waals surface area contributed by atoms with E-state index in [1.54, 1.807) is 41.3 Å². The van der Waals surface area contributed by atoms with E-state index in [9.17, 15) is 9.59 Å². The van der Waals surface area contributed by atoms with Gasteiger partial charge in [0.25, 0.3) is 5.91 Å². The van der Waals surface area contributed by atoms with Crippen molar-refractivity contribution >= 4 is 23.2 Å². The van der Waals surface area contributed by atoms with Crippen molar-refractivity contribution in [2.24, 2.45) is 0 Å². The molecule has 2 amide bonds. The number of fused-ring (bicyclic) bond motifs is 1. The second kappa shape index (κ2) is 7.35. The molecule has 0 fully saturated rings. The van der Waals surface area contributed by atoms with Crippen LogP contribution in [-0.4, -0.2) is 39.2 Å². The maximum absolute atomic E-state index is 12.8. The van der Waals surface area contributed by atoms with Crippen LogP contribution >= 0.6 is 0 Å². The highest BCUT2D eigenvalue weighted by Gasteiger charge is 2.23. The summed E-state index contributed by atoms with van der Waals surface area (Å²) >= 11 is 0. The summed E-state index contributed by atoms with van der Waals surface area (Å²) in [7, 11) is 2.99. The fourth-order valence-corrected chi connectivity index (χ4v) is 2.89. The van der Waals surface area contributed by atoms with E-state index in [0.29, 0.717) is 47.3 Å². The van der Waals surface area contributed by atoms with Crippen molar-refractivity contribution in [3.63, 3.8) is 0 Å². The van der Waals surface area contributed by atoms with Crippen LogP contribution in [0.15, 0.2) is 36.4 Å². The first-order chi connectivity index (χ1) is 12.5. The predicted molar refractivity (Wildman–Crippen MR) is 97.5 cm³/mol. The number of hydrogen-bond donors (Lipinski definition) is 1. The summed E-state index contributed by atoms with van der Waals surface area (Å²) in [5, 5.41) is 2.82. The van der Waals surface area contributed by atoms with Gasteiger partial charge in [0.1, 0.15) is 29.4 Å². The summed E-state index contributed by atoms with van der Waals surface area (Å²) < 4.78 is 16.1. The van der Waals surface area contributed by atoms with Gasteiger partial charge in [-0.1, -0.05) is 6.07 Å². The van der Waals surface area contributed by atoms with Gasteiger partial charge in [-0.15, -0.1) is 0 Å². The Kier molecular flexibility index (Phi) is 4.97. The molecule has 0 bridgehead atoms. The van der Waals surface area contributed by atoms with Gasteiger partial charge in [-0.3, -0.25) is 9.59 Å². The minimum Gasteiger partial charge on any atom is -0.496 e. The molecule has 0 atom stereocenters. The van der Waals surface area contributed by atoms with Crippen LogP contribution in [0.3, 0.4) is 0 Å². The molecule has 1 aliphatic heterocycles. The van der Waals surface area contributed by atoms with Crippen LogP contribution in [0.25, 0.3) is 0 Å². The average Bonchev–Trinajstić information content (AvgIpc) is 2.66. The second-order valence-electron chi connectivity index (χ2n) is 5.69. The summed E-state index contributed by atoms with van der Waals surface area (Å²) in [5.41, 5.74) is 1.47. The number of methoxy groups -OCH3 is 2. The Morgan fingerprint density at radius 2 is 1.81 bits per heavy atom. The van der Waals surface area contributed by atoms with Gasteiger partial charge in [0.2, 0.25) is 5.91 Å². The highest BCUT2D eigenvalue weighted by atomic mass is 16.5. The molecule has 7 heteroatoms. The molecule has 26 heavy (non-hydrogen) atoms. The molecule has 2 aromatic carbocycles. The summed E-state index contributed by atoms with van der Waals surface area (Å²) in [6.07, 6.45) is 0. The Hall–Kier alpha value is -3.22.